The second kappa shape index (κ2) is 12.8. The van der Waals surface area contributed by atoms with Gasteiger partial charge in [0.2, 0.25) is 0 Å². The summed E-state index contributed by atoms with van der Waals surface area (Å²) in [6.07, 6.45) is 12.2. The Balaban J connectivity index is 0.000000151. The van der Waals surface area contributed by atoms with E-state index in [0.29, 0.717) is 0 Å². The zero-order valence-electron chi connectivity index (χ0n) is 28.0. The summed E-state index contributed by atoms with van der Waals surface area (Å²) >= 11 is 0. The summed E-state index contributed by atoms with van der Waals surface area (Å²) in [5.41, 5.74) is 12.8. The van der Waals surface area contributed by atoms with Crippen LogP contribution < -0.4 is 0 Å². The summed E-state index contributed by atoms with van der Waals surface area (Å²) in [5.74, 6) is -0.200. The summed E-state index contributed by atoms with van der Waals surface area (Å²) in [5, 5.41) is 11.2. The van der Waals surface area contributed by atoms with E-state index in [-0.39, 0.29) is 29.0 Å². The molecule has 8 rings (SSSR count). The highest BCUT2D eigenvalue weighted by atomic mass is 16.5. The number of aliphatic hydroxyl groups excluding tert-OH is 1. The molecule has 4 unspecified atom stereocenters. The minimum Gasteiger partial charge on any atom is -0.457 e. The van der Waals surface area contributed by atoms with E-state index in [2.05, 4.69) is 111 Å². The van der Waals surface area contributed by atoms with Crippen molar-refractivity contribution in [2.45, 2.75) is 84.3 Å². The van der Waals surface area contributed by atoms with E-state index in [9.17, 15) is 9.90 Å². The Morgan fingerprint density at radius 3 is 1.66 bits per heavy atom. The number of carbonyl (C=O) groups is 1. The van der Waals surface area contributed by atoms with Gasteiger partial charge in [0.05, 0.1) is 6.10 Å². The van der Waals surface area contributed by atoms with Gasteiger partial charge >= 0.3 is 5.97 Å². The van der Waals surface area contributed by atoms with Crippen molar-refractivity contribution in [1.82, 2.24) is 0 Å². The molecular formula is C44H46O3. The van der Waals surface area contributed by atoms with Gasteiger partial charge in [-0.1, -0.05) is 136 Å². The molecule has 3 heteroatoms. The Hall–Kier alpha value is -4.21. The number of benzene rings is 4. The molecular weight excluding hydrogens is 576 g/mol. The first-order chi connectivity index (χ1) is 22.9. The van der Waals surface area contributed by atoms with Gasteiger partial charge in [0.1, 0.15) is 6.10 Å². The summed E-state index contributed by atoms with van der Waals surface area (Å²) in [4.78, 5) is 11.9. The number of fused-ring (bicyclic) bond motifs is 4. The van der Waals surface area contributed by atoms with Gasteiger partial charge < -0.3 is 9.84 Å². The number of hydrogen-bond donors (Lipinski definition) is 1. The second-order valence-electron chi connectivity index (χ2n) is 13.9. The Labute approximate surface area is 280 Å². The fourth-order valence-corrected chi connectivity index (χ4v) is 9.31. The van der Waals surface area contributed by atoms with Crippen LogP contribution >= 0.6 is 0 Å². The van der Waals surface area contributed by atoms with E-state index in [1.165, 1.54) is 57.0 Å². The van der Waals surface area contributed by atoms with Crippen molar-refractivity contribution in [2.75, 3.05) is 0 Å². The molecule has 1 N–H and O–H groups in total. The Morgan fingerprint density at radius 2 is 1.11 bits per heavy atom. The van der Waals surface area contributed by atoms with Gasteiger partial charge in [0.25, 0.3) is 0 Å². The minimum atomic E-state index is -0.388. The van der Waals surface area contributed by atoms with Crippen LogP contribution in [0.2, 0.25) is 0 Å². The molecule has 4 aromatic carbocycles. The Bertz CT molecular complexity index is 1860. The van der Waals surface area contributed by atoms with Crippen LogP contribution in [0, 0.1) is 10.8 Å². The molecule has 0 spiro atoms. The van der Waals surface area contributed by atoms with Crippen molar-refractivity contribution in [1.29, 1.82) is 0 Å². The SMILES string of the molecule is CCCC1(C2=CCc3ccccc32)Cc2ccccc2C1O.CCCC1(C2=CCc3ccccc32)Cc2ccccc2C1OC(C)=O. The third kappa shape index (κ3) is 5.29. The van der Waals surface area contributed by atoms with Gasteiger partial charge in [-0.2, -0.15) is 0 Å². The molecule has 0 fully saturated rings. The number of rotatable bonds is 7. The molecule has 47 heavy (non-hydrogen) atoms. The van der Waals surface area contributed by atoms with Crippen LogP contribution in [0.3, 0.4) is 0 Å². The fourth-order valence-electron chi connectivity index (χ4n) is 9.31. The molecule has 0 radical (unpaired) electrons. The highest BCUT2D eigenvalue weighted by molar-refractivity contribution is 5.80. The largest absolute Gasteiger partial charge is 0.457 e. The summed E-state index contributed by atoms with van der Waals surface area (Å²) in [7, 11) is 0. The van der Waals surface area contributed by atoms with Crippen molar-refractivity contribution in [3.05, 3.63) is 154 Å². The van der Waals surface area contributed by atoms with E-state index in [1.807, 2.05) is 12.1 Å². The lowest BCUT2D eigenvalue weighted by Gasteiger charge is -2.37. The first-order valence-electron chi connectivity index (χ1n) is 17.5. The van der Waals surface area contributed by atoms with E-state index in [0.717, 1.165) is 56.9 Å². The fraction of sp³-hybridized carbons (Fsp3) is 0.341. The van der Waals surface area contributed by atoms with E-state index < -0.39 is 0 Å². The molecule has 0 saturated heterocycles. The molecule has 0 aromatic heterocycles. The molecule has 4 aliphatic rings. The van der Waals surface area contributed by atoms with Crippen LogP contribution in [0.15, 0.2) is 109 Å². The average Bonchev–Trinajstić information content (AvgIpc) is 3.85. The molecule has 0 aliphatic heterocycles. The monoisotopic (exact) mass is 622 g/mol. The standard InChI is InChI=1S/C23H24O2.C21H22O/c1-3-14-23(21-13-12-17-8-4-6-10-19(17)21)15-18-9-5-7-11-20(18)22(23)25-16(2)24;1-2-13-21(14-16-8-4-6-10-18(16)20(21)22)19-12-11-15-7-3-5-9-17(15)19/h4-11,13,22H,3,12,14-15H2,1-2H3;3-10,12,20,22H,2,11,13-14H2,1H3. The lowest BCUT2D eigenvalue weighted by Crippen LogP contribution is -2.30. The molecule has 3 nitrogen and oxygen atoms in total. The van der Waals surface area contributed by atoms with Crippen molar-refractivity contribution in [3.8, 4) is 0 Å². The van der Waals surface area contributed by atoms with E-state index in [1.54, 1.807) is 0 Å². The molecule has 4 atom stereocenters. The molecule has 0 saturated carbocycles. The Morgan fingerprint density at radius 1 is 0.660 bits per heavy atom. The highest BCUT2D eigenvalue weighted by Gasteiger charge is 2.51. The number of allylic oxidation sites excluding steroid dienone is 2. The van der Waals surface area contributed by atoms with E-state index in [4.69, 9.17) is 4.74 Å². The molecule has 4 aliphatic carbocycles. The lowest BCUT2D eigenvalue weighted by molar-refractivity contribution is -0.151. The van der Waals surface area contributed by atoms with Crippen LogP contribution in [0.25, 0.3) is 11.1 Å². The first kappa shape index (κ1) is 31.4. The number of hydrogen-bond acceptors (Lipinski definition) is 3. The minimum absolute atomic E-state index is 0.148. The number of carbonyl (C=O) groups excluding carboxylic acids is 1. The third-order valence-corrected chi connectivity index (χ3v) is 11.1. The lowest BCUT2D eigenvalue weighted by atomic mass is 9.70. The number of aliphatic hydroxyl groups is 1. The van der Waals surface area contributed by atoms with Gasteiger partial charge in [0.15, 0.2) is 0 Å². The van der Waals surface area contributed by atoms with Gasteiger partial charge in [-0.3, -0.25) is 4.79 Å². The normalized spacial score (nSPS) is 24.7. The van der Waals surface area contributed by atoms with Crippen LogP contribution in [0.4, 0.5) is 0 Å². The van der Waals surface area contributed by atoms with Crippen LogP contribution in [-0.2, 0) is 35.2 Å². The summed E-state index contributed by atoms with van der Waals surface area (Å²) in [6.45, 7) is 5.96. The zero-order valence-corrected chi connectivity index (χ0v) is 28.0. The van der Waals surface area contributed by atoms with Crippen LogP contribution in [-0.4, -0.2) is 11.1 Å². The van der Waals surface area contributed by atoms with Gasteiger partial charge in [-0.25, -0.2) is 0 Å². The Kier molecular flexibility index (Phi) is 8.53. The molecule has 0 bridgehead atoms. The van der Waals surface area contributed by atoms with Crippen LogP contribution in [0.1, 0.15) is 103 Å². The van der Waals surface area contributed by atoms with Crippen molar-refractivity contribution in [3.63, 3.8) is 0 Å². The summed E-state index contributed by atoms with van der Waals surface area (Å²) < 4.78 is 5.95. The third-order valence-electron chi connectivity index (χ3n) is 11.1. The predicted octanol–water partition coefficient (Wildman–Crippen LogP) is 9.98. The zero-order chi connectivity index (χ0) is 32.6. The van der Waals surface area contributed by atoms with Gasteiger partial charge in [0, 0.05) is 17.8 Å². The quantitative estimate of drug-likeness (QED) is 0.209. The predicted molar refractivity (Wildman–Crippen MR) is 191 cm³/mol. The molecule has 4 aromatic rings. The average molecular weight is 623 g/mol. The van der Waals surface area contributed by atoms with Crippen molar-refractivity contribution >= 4 is 17.1 Å². The second-order valence-corrected chi connectivity index (χ2v) is 13.9. The molecule has 0 heterocycles. The molecule has 0 amide bonds. The van der Waals surface area contributed by atoms with Gasteiger partial charge in [-0.15, -0.1) is 0 Å². The van der Waals surface area contributed by atoms with Gasteiger partial charge in [-0.05, 0) is 94.2 Å². The smallest absolute Gasteiger partial charge is 0.303 e. The molecule has 240 valence electrons. The van der Waals surface area contributed by atoms with Crippen molar-refractivity contribution in [2.24, 2.45) is 10.8 Å². The topological polar surface area (TPSA) is 46.5 Å². The number of ether oxygens (including phenoxy) is 1. The first-order valence-corrected chi connectivity index (χ1v) is 17.5. The maximum Gasteiger partial charge on any atom is 0.303 e. The maximum atomic E-state index is 11.9. The highest BCUT2D eigenvalue weighted by Crippen LogP contribution is 2.60. The van der Waals surface area contributed by atoms with Crippen LogP contribution in [0.5, 0.6) is 0 Å². The van der Waals surface area contributed by atoms with E-state index >= 15 is 0 Å². The summed E-state index contributed by atoms with van der Waals surface area (Å²) in [6, 6.07) is 34.2. The maximum absolute atomic E-state index is 11.9. The van der Waals surface area contributed by atoms with Crippen molar-refractivity contribution < 1.29 is 14.6 Å². The number of esters is 1.